The minimum absolute atomic E-state index is 0.401. The lowest BCUT2D eigenvalue weighted by Crippen LogP contribution is -2.00. The van der Waals surface area contributed by atoms with Gasteiger partial charge in [0.2, 0.25) is 0 Å². The molecule has 2 N–H and O–H groups in total. The molecule has 6 heteroatoms. The highest BCUT2D eigenvalue weighted by Crippen LogP contribution is 2.03. The van der Waals surface area contributed by atoms with Gasteiger partial charge < -0.3 is 10.3 Å². The molecule has 0 aliphatic rings. The van der Waals surface area contributed by atoms with E-state index in [1.807, 2.05) is 13.0 Å². The van der Waals surface area contributed by atoms with Crippen molar-refractivity contribution < 1.29 is 4.52 Å². The van der Waals surface area contributed by atoms with Gasteiger partial charge in [0, 0.05) is 12.6 Å². The van der Waals surface area contributed by atoms with E-state index in [-0.39, 0.29) is 0 Å². The minimum atomic E-state index is 0.401. The van der Waals surface area contributed by atoms with Crippen molar-refractivity contribution in [3.05, 3.63) is 29.4 Å². The number of aryl methyl sites for hydroxylation is 1. The van der Waals surface area contributed by atoms with Gasteiger partial charge in [-0.2, -0.15) is 0 Å². The second kappa shape index (κ2) is 3.59. The van der Waals surface area contributed by atoms with E-state index in [1.165, 1.54) is 0 Å². The zero-order chi connectivity index (χ0) is 9.97. The Morgan fingerprint density at radius 3 is 2.93 bits per heavy atom. The summed E-state index contributed by atoms with van der Waals surface area (Å²) in [4.78, 5) is 0. The monoisotopic (exact) mass is 193 g/mol. The molecule has 0 saturated carbocycles. The van der Waals surface area contributed by atoms with Crippen molar-refractivity contribution in [2.24, 2.45) is 5.73 Å². The summed E-state index contributed by atoms with van der Waals surface area (Å²) in [5.74, 6) is 0.791. The zero-order valence-corrected chi connectivity index (χ0v) is 7.84. The fourth-order valence-corrected chi connectivity index (χ4v) is 1.17. The Morgan fingerprint density at radius 1 is 1.50 bits per heavy atom. The Kier molecular flexibility index (Phi) is 2.28. The van der Waals surface area contributed by atoms with Crippen LogP contribution in [-0.4, -0.2) is 20.2 Å². The molecular weight excluding hydrogens is 182 g/mol. The molecule has 2 aromatic heterocycles. The van der Waals surface area contributed by atoms with Gasteiger partial charge in [0.1, 0.15) is 11.5 Å². The van der Waals surface area contributed by atoms with Crippen molar-refractivity contribution in [3.8, 4) is 0 Å². The first-order chi connectivity index (χ1) is 6.78. The van der Waals surface area contributed by atoms with Crippen molar-refractivity contribution in [1.29, 1.82) is 0 Å². The molecule has 0 aliphatic carbocycles. The Morgan fingerprint density at radius 2 is 2.36 bits per heavy atom. The van der Waals surface area contributed by atoms with Gasteiger partial charge in [-0.1, -0.05) is 10.4 Å². The molecular formula is C8H11N5O. The van der Waals surface area contributed by atoms with Crippen LogP contribution in [0, 0.1) is 6.92 Å². The van der Waals surface area contributed by atoms with E-state index in [4.69, 9.17) is 10.3 Å². The second-order valence-electron chi connectivity index (χ2n) is 3.04. The first-order valence-corrected chi connectivity index (χ1v) is 4.29. The van der Waals surface area contributed by atoms with Crippen molar-refractivity contribution in [3.63, 3.8) is 0 Å². The Balaban J connectivity index is 2.10. The van der Waals surface area contributed by atoms with Crippen LogP contribution in [0.3, 0.4) is 0 Å². The molecule has 6 nitrogen and oxygen atoms in total. The Labute approximate surface area is 80.7 Å². The molecule has 0 amide bonds. The fourth-order valence-electron chi connectivity index (χ4n) is 1.17. The number of nitrogens with two attached hydrogens (primary N) is 1. The van der Waals surface area contributed by atoms with Gasteiger partial charge in [-0.05, 0) is 6.92 Å². The van der Waals surface area contributed by atoms with Crippen LogP contribution in [0.4, 0.5) is 0 Å². The Hall–Kier alpha value is -1.69. The van der Waals surface area contributed by atoms with E-state index in [1.54, 1.807) is 10.9 Å². The lowest BCUT2D eigenvalue weighted by atomic mass is 10.4. The largest absolute Gasteiger partial charge is 0.361 e. The molecule has 0 unspecified atom stereocenters. The lowest BCUT2D eigenvalue weighted by molar-refractivity contribution is 0.387. The van der Waals surface area contributed by atoms with Crippen LogP contribution in [0.2, 0.25) is 0 Å². The van der Waals surface area contributed by atoms with E-state index in [2.05, 4.69) is 15.5 Å². The first kappa shape index (κ1) is 8.89. The van der Waals surface area contributed by atoms with Gasteiger partial charge in [-0.15, -0.1) is 5.10 Å². The molecule has 0 atom stereocenters. The topological polar surface area (TPSA) is 82.8 Å². The molecule has 0 aromatic carbocycles. The molecule has 0 fully saturated rings. The summed E-state index contributed by atoms with van der Waals surface area (Å²) >= 11 is 0. The van der Waals surface area contributed by atoms with Gasteiger partial charge in [-0.25, -0.2) is 4.68 Å². The molecule has 0 bridgehead atoms. The highest BCUT2D eigenvalue weighted by atomic mass is 16.5. The molecule has 2 heterocycles. The third-order valence-electron chi connectivity index (χ3n) is 1.80. The van der Waals surface area contributed by atoms with E-state index in [9.17, 15) is 0 Å². The summed E-state index contributed by atoms with van der Waals surface area (Å²) in [6.45, 7) is 2.81. The van der Waals surface area contributed by atoms with Crippen LogP contribution in [0.5, 0.6) is 0 Å². The molecule has 0 saturated heterocycles. The molecule has 0 aliphatic heterocycles. The summed E-state index contributed by atoms with van der Waals surface area (Å²) in [6.07, 6.45) is 1.80. The summed E-state index contributed by atoms with van der Waals surface area (Å²) in [5.41, 5.74) is 7.01. The van der Waals surface area contributed by atoms with Crippen LogP contribution in [0.15, 0.2) is 16.8 Å². The SMILES string of the molecule is Cc1cc(Cn2cc(CN)nn2)no1. The summed E-state index contributed by atoms with van der Waals surface area (Å²) in [5, 5.41) is 11.6. The fraction of sp³-hybridized carbons (Fsp3) is 0.375. The molecule has 74 valence electrons. The van der Waals surface area contributed by atoms with Crippen molar-refractivity contribution in [1.82, 2.24) is 20.2 Å². The third-order valence-corrected chi connectivity index (χ3v) is 1.80. The van der Waals surface area contributed by atoms with Crippen LogP contribution >= 0.6 is 0 Å². The van der Waals surface area contributed by atoms with Crippen molar-refractivity contribution in [2.75, 3.05) is 0 Å². The average Bonchev–Trinajstić information content (AvgIpc) is 2.76. The maximum atomic E-state index is 5.41. The van der Waals surface area contributed by atoms with Crippen molar-refractivity contribution >= 4 is 0 Å². The quantitative estimate of drug-likeness (QED) is 0.746. The van der Waals surface area contributed by atoms with Gasteiger partial charge in [0.15, 0.2) is 0 Å². The smallest absolute Gasteiger partial charge is 0.133 e. The predicted octanol–water partition coefficient (Wildman–Crippen LogP) is 0.0815. The van der Waals surface area contributed by atoms with Gasteiger partial charge in [0.25, 0.3) is 0 Å². The molecule has 2 rings (SSSR count). The van der Waals surface area contributed by atoms with E-state index < -0.39 is 0 Å². The lowest BCUT2D eigenvalue weighted by Gasteiger charge is -1.92. The standard InChI is InChI=1S/C8H11N5O/c1-6-2-7(11-14-6)4-13-5-8(3-9)10-12-13/h2,5H,3-4,9H2,1H3. The predicted molar refractivity (Wildman–Crippen MR) is 48.3 cm³/mol. The van der Waals surface area contributed by atoms with Crippen LogP contribution < -0.4 is 5.73 Å². The number of rotatable bonds is 3. The zero-order valence-electron chi connectivity index (χ0n) is 7.84. The van der Waals surface area contributed by atoms with E-state index >= 15 is 0 Å². The number of aromatic nitrogens is 4. The Bertz CT molecular complexity index is 419. The van der Waals surface area contributed by atoms with E-state index in [0.717, 1.165) is 17.1 Å². The van der Waals surface area contributed by atoms with Crippen molar-refractivity contribution in [2.45, 2.75) is 20.0 Å². The molecule has 0 spiro atoms. The van der Waals surface area contributed by atoms with Crippen LogP contribution in [-0.2, 0) is 13.1 Å². The summed E-state index contributed by atoms with van der Waals surface area (Å²) < 4.78 is 6.61. The maximum absolute atomic E-state index is 5.41. The van der Waals surface area contributed by atoms with Gasteiger partial charge in [0.05, 0.1) is 18.4 Å². The number of hydrogen-bond donors (Lipinski definition) is 1. The molecule has 0 radical (unpaired) electrons. The molecule has 2 aromatic rings. The average molecular weight is 193 g/mol. The number of hydrogen-bond acceptors (Lipinski definition) is 5. The summed E-state index contributed by atoms with van der Waals surface area (Å²) in [7, 11) is 0. The normalized spacial score (nSPS) is 10.7. The third kappa shape index (κ3) is 1.80. The first-order valence-electron chi connectivity index (χ1n) is 4.29. The highest BCUT2D eigenvalue weighted by Gasteiger charge is 2.03. The van der Waals surface area contributed by atoms with Crippen LogP contribution in [0.25, 0.3) is 0 Å². The van der Waals surface area contributed by atoms with Gasteiger partial charge >= 0.3 is 0 Å². The minimum Gasteiger partial charge on any atom is -0.361 e. The number of nitrogens with zero attached hydrogens (tertiary/aromatic N) is 4. The second-order valence-corrected chi connectivity index (χ2v) is 3.04. The molecule has 14 heavy (non-hydrogen) atoms. The summed E-state index contributed by atoms with van der Waals surface area (Å²) in [6, 6.07) is 1.86. The van der Waals surface area contributed by atoms with Crippen LogP contribution in [0.1, 0.15) is 17.1 Å². The maximum Gasteiger partial charge on any atom is 0.133 e. The van der Waals surface area contributed by atoms with E-state index in [0.29, 0.717) is 13.1 Å². The van der Waals surface area contributed by atoms with Gasteiger partial charge in [-0.3, -0.25) is 0 Å². The highest BCUT2D eigenvalue weighted by molar-refractivity contribution is 5.04.